The Morgan fingerprint density at radius 2 is 1.93 bits per heavy atom. The third-order valence-electron chi connectivity index (χ3n) is 2.45. The minimum atomic E-state index is -3.33. The molecule has 0 bridgehead atoms. The van der Waals surface area contributed by atoms with Gasteiger partial charge in [0, 0.05) is 13.2 Å². The van der Waals surface area contributed by atoms with Crippen molar-refractivity contribution < 1.29 is 17.9 Å². The van der Waals surface area contributed by atoms with E-state index in [2.05, 4.69) is 0 Å². The highest BCUT2D eigenvalue weighted by Gasteiger charge is 2.30. The fourth-order valence-corrected chi connectivity index (χ4v) is 3.35. The summed E-state index contributed by atoms with van der Waals surface area (Å²) in [7, 11) is -3.33. The topological polar surface area (TPSA) is 112 Å². The molecule has 1 fully saturated rings. The highest BCUT2D eigenvalue weighted by atomic mass is 32.2. The molecule has 1 rings (SSSR count). The SMILES string of the molecule is NC(=O)C(N)CS(=O)(=O)C1CCOCC1. The first-order valence-corrected chi connectivity index (χ1v) is 6.49. The lowest BCUT2D eigenvalue weighted by Gasteiger charge is -2.22. The molecule has 88 valence electrons. The van der Waals surface area contributed by atoms with E-state index in [1.807, 2.05) is 0 Å². The van der Waals surface area contributed by atoms with Crippen molar-refractivity contribution in [1.29, 1.82) is 0 Å². The molecular formula is C8H16N2O4S. The van der Waals surface area contributed by atoms with Crippen LogP contribution in [0.2, 0.25) is 0 Å². The quantitative estimate of drug-likeness (QED) is 0.610. The van der Waals surface area contributed by atoms with Gasteiger partial charge < -0.3 is 16.2 Å². The van der Waals surface area contributed by atoms with Crippen LogP contribution in [0.15, 0.2) is 0 Å². The lowest BCUT2D eigenvalue weighted by atomic mass is 10.2. The summed E-state index contributed by atoms with van der Waals surface area (Å²) < 4.78 is 28.6. The molecule has 0 aromatic carbocycles. The molecule has 0 spiro atoms. The van der Waals surface area contributed by atoms with Crippen LogP contribution in [0.4, 0.5) is 0 Å². The Labute approximate surface area is 88.9 Å². The van der Waals surface area contributed by atoms with E-state index in [0.29, 0.717) is 26.1 Å². The van der Waals surface area contributed by atoms with Gasteiger partial charge in [0.2, 0.25) is 5.91 Å². The van der Waals surface area contributed by atoms with Gasteiger partial charge in [-0.05, 0) is 12.8 Å². The smallest absolute Gasteiger partial charge is 0.235 e. The van der Waals surface area contributed by atoms with Gasteiger partial charge in [0.25, 0.3) is 0 Å². The van der Waals surface area contributed by atoms with Gasteiger partial charge in [0.05, 0.1) is 17.0 Å². The highest BCUT2D eigenvalue weighted by Crippen LogP contribution is 2.16. The number of ether oxygens (including phenoxy) is 1. The van der Waals surface area contributed by atoms with Crippen molar-refractivity contribution in [2.24, 2.45) is 11.5 Å². The van der Waals surface area contributed by atoms with Crippen molar-refractivity contribution >= 4 is 15.7 Å². The Bertz CT molecular complexity index is 322. The molecule has 1 unspecified atom stereocenters. The van der Waals surface area contributed by atoms with Crippen LogP contribution in [-0.2, 0) is 19.4 Å². The predicted octanol–water partition coefficient (Wildman–Crippen LogP) is -1.61. The van der Waals surface area contributed by atoms with Crippen LogP contribution in [-0.4, -0.2) is 44.6 Å². The number of amides is 1. The molecule has 0 aromatic heterocycles. The zero-order valence-corrected chi connectivity index (χ0v) is 9.20. The van der Waals surface area contributed by atoms with Gasteiger partial charge in [0.1, 0.15) is 0 Å². The van der Waals surface area contributed by atoms with E-state index in [9.17, 15) is 13.2 Å². The van der Waals surface area contributed by atoms with Crippen LogP contribution < -0.4 is 11.5 Å². The predicted molar refractivity (Wildman–Crippen MR) is 54.8 cm³/mol. The summed E-state index contributed by atoms with van der Waals surface area (Å²) in [4.78, 5) is 10.7. The molecule has 1 atom stereocenters. The molecule has 0 aliphatic carbocycles. The zero-order valence-electron chi connectivity index (χ0n) is 8.39. The van der Waals surface area contributed by atoms with E-state index < -0.39 is 27.0 Å². The van der Waals surface area contributed by atoms with E-state index >= 15 is 0 Å². The number of carbonyl (C=O) groups excluding carboxylic acids is 1. The number of hydrogen-bond acceptors (Lipinski definition) is 5. The largest absolute Gasteiger partial charge is 0.381 e. The number of sulfone groups is 1. The Morgan fingerprint density at radius 3 is 2.40 bits per heavy atom. The Morgan fingerprint density at radius 1 is 1.40 bits per heavy atom. The molecule has 7 heteroatoms. The van der Waals surface area contributed by atoms with Crippen LogP contribution in [0.5, 0.6) is 0 Å². The van der Waals surface area contributed by atoms with Gasteiger partial charge in [-0.1, -0.05) is 0 Å². The lowest BCUT2D eigenvalue weighted by Crippen LogP contribution is -2.45. The van der Waals surface area contributed by atoms with E-state index in [-0.39, 0.29) is 5.75 Å². The van der Waals surface area contributed by atoms with Gasteiger partial charge in [-0.2, -0.15) is 0 Å². The first-order chi connectivity index (χ1) is 6.93. The standard InChI is InChI=1S/C8H16N2O4S/c9-7(8(10)11)5-15(12,13)6-1-3-14-4-2-6/h6-7H,1-5,9H2,(H2,10,11). The highest BCUT2D eigenvalue weighted by molar-refractivity contribution is 7.92. The summed E-state index contributed by atoms with van der Waals surface area (Å²) in [5.41, 5.74) is 10.2. The summed E-state index contributed by atoms with van der Waals surface area (Å²) in [5, 5.41) is -0.448. The second kappa shape index (κ2) is 4.91. The maximum absolute atomic E-state index is 11.8. The van der Waals surface area contributed by atoms with Gasteiger partial charge in [0.15, 0.2) is 9.84 Å². The van der Waals surface area contributed by atoms with E-state index in [0.717, 1.165) is 0 Å². The van der Waals surface area contributed by atoms with E-state index in [1.54, 1.807) is 0 Å². The number of nitrogens with two attached hydrogens (primary N) is 2. The summed E-state index contributed by atoms with van der Waals surface area (Å²) in [6.45, 7) is 0.880. The molecule has 1 aliphatic heterocycles. The first kappa shape index (κ1) is 12.4. The van der Waals surface area contributed by atoms with Crippen molar-refractivity contribution in [2.75, 3.05) is 19.0 Å². The van der Waals surface area contributed by atoms with Crippen LogP contribution >= 0.6 is 0 Å². The number of hydrogen-bond donors (Lipinski definition) is 2. The second-order valence-corrected chi connectivity index (χ2v) is 5.98. The van der Waals surface area contributed by atoms with Gasteiger partial charge in [-0.15, -0.1) is 0 Å². The normalized spacial score (nSPS) is 21.1. The molecule has 6 nitrogen and oxygen atoms in total. The summed E-state index contributed by atoms with van der Waals surface area (Å²) in [5.74, 6) is -1.15. The monoisotopic (exact) mass is 236 g/mol. The van der Waals surface area contributed by atoms with Crippen molar-refractivity contribution in [3.05, 3.63) is 0 Å². The molecule has 1 saturated heterocycles. The van der Waals surface area contributed by atoms with Gasteiger partial charge in [-0.3, -0.25) is 4.79 Å². The third-order valence-corrected chi connectivity index (χ3v) is 4.76. The lowest BCUT2D eigenvalue weighted by molar-refractivity contribution is -0.118. The van der Waals surface area contributed by atoms with Crippen molar-refractivity contribution in [1.82, 2.24) is 0 Å². The summed E-state index contributed by atoms with van der Waals surface area (Å²) in [6, 6.07) is -1.11. The molecule has 4 N–H and O–H groups in total. The van der Waals surface area contributed by atoms with Gasteiger partial charge >= 0.3 is 0 Å². The molecule has 0 saturated carbocycles. The van der Waals surface area contributed by atoms with E-state index in [1.165, 1.54) is 0 Å². The van der Waals surface area contributed by atoms with Crippen molar-refractivity contribution in [3.63, 3.8) is 0 Å². The molecule has 0 aromatic rings. The fraction of sp³-hybridized carbons (Fsp3) is 0.875. The second-order valence-electron chi connectivity index (χ2n) is 3.65. The Kier molecular flexibility index (Phi) is 4.06. The molecule has 0 radical (unpaired) electrons. The zero-order chi connectivity index (χ0) is 11.5. The third kappa shape index (κ3) is 3.44. The molecular weight excluding hydrogens is 220 g/mol. The van der Waals surface area contributed by atoms with E-state index in [4.69, 9.17) is 16.2 Å². The number of carbonyl (C=O) groups is 1. The molecule has 15 heavy (non-hydrogen) atoms. The number of primary amides is 1. The molecule has 1 amide bonds. The minimum absolute atomic E-state index is 0.368. The average Bonchev–Trinajstić information content (AvgIpc) is 2.18. The molecule has 1 aliphatic rings. The Hall–Kier alpha value is -0.660. The van der Waals surface area contributed by atoms with Crippen LogP contribution in [0.3, 0.4) is 0 Å². The average molecular weight is 236 g/mol. The van der Waals surface area contributed by atoms with Crippen LogP contribution in [0.25, 0.3) is 0 Å². The summed E-state index contributed by atoms with van der Waals surface area (Å²) >= 11 is 0. The maximum Gasteiger partial charge on any atom is 0.235 e. The van der Waals surface area contributed by atoms with Crippen LogP contribution in [0.1, 0.15) is 12.8 Å². The first-order valence-electron chi connectivity index (χ1n) is 4.77. The van der Waals surface area contributed by atoms with Crippen LogP contribution in [0, 0.1) is 0 Å². The maximum atomic E-state index is 11.8. The fourth-order valence-electron chi connectivity index (χ4n) is 1.50. The van der Waals surface area contributed by atoms with Gasteiger partial charge in [-0.25, -0.2) is 8.42 Å². The minimum Gasteiger partial charge on any atom is -0.381 e. The number of rotatable bonds is 4. The Balaban J connectivity index is 2.61. The molecule has 1 heterocycles. The van der Waals surface area contributed by atoms with Crippen molar-refractivity contribution in [3.8, 4) is 0 Å². The summed E-state index contributed by atoms with van der Waals surface area (Å²) in [6.07, 6.45) is 0.932. The van der Waals surface area contributed by atoms with Crippen molar-refractivity contribution in [2.45, 2.75) is 24.1 Å².